The number of hydrogen-bond donors (Lipinski definition) is 1. The minimum Gasteiger partial charge on any atom is -0.465 e. The van der Waals surface area contributed by atoms with E-state index in [0.717, 1.165) is 17.8 Å². The van der Waals surface area contributed by atoms with E-state index >= 15 is 0 Å². The predicted octanol–water partition coefficient (Wildman–Crippen LogP) is 3.06. The predicted molar refractivity (Wildman–Crippen MR) is 96.9 cm³/mol. The SMILES string of the molecule is N#C/C(=C\c1ccco1)C(=O)OCC(=O)NCC12CC3CC(CC(C3)C1)C2. The van der Waals surface area contributed by atoms with Crippen LogP contribution in [-0.4, -0.2) is 25.0 Å². The second-order valence-electron chi connectivity index (χ2n) is 8.46. The van der Waals surface area contributed by atoms with E-state index in [9.17, 15) is 9.59 Å². The van der Waals surface area contributed by atoms with Crippen molar-refractivity contribution in [1.29, 1.82) is 5.26 Å². The molecule has 4 aliphatic rings. The Morgan fingerprint density at radius 1 is 1.26 bits per heavy atom. The Morgan fingerprint density at radius 3 is 2.48 bits per heavy atom. The summed E-state index contributed by atoms with van der Waals surface area (Å²) in [6.07, 6.45) is 10.5. The number of nitrogens with one attached hydrogen (secondary N) is 1. The summed E-state index contributed by atoms with van der Waals surface area (Å²) < 4.78 is 10.1. The molecule has 6 nitrogen and oxygen atoms in total. The fourth-order valence-electron chi connectivity index (χ4n) is 5.70. The molecule has 0 saturated heterocycles. The van der Waals surface area contributed by atoms with E-state index in [0.29, 0.717) is 12.3 Å². The van der Waals surface area contributed by atoms with Crippen molar-refractivity contribution in [2.24, 2.45) is 23.2 Å². The normalized spacial score (nSPS) is 31.4. The highest BCUT2D eigenvalue weighted by Gasteiger charge is 2.50. The van der Waals surface area contributed by atoms with Crippen molar-refractivity contribution in [2.75, 3.05) is 13.2 Å². The number of rotatable bonds is 6. The molecule has 1 amide bonds. The molecule has 4 fully saturated rings. The first kappa shape index (κ1) is 17.8. The molecule has 1 heterocycles. The van der Waals surface area contributed by atoms with Gasteiger partial charge in [0.05, 0.1) is 6.26 Å². The molecule has 4 saturated carbocycles. The molecule has 0 unspecified atom stereocenters. The first-order valence-electron chi connectivity index (χ1n) is 9.64. The third-order valence-corrected chi connectivity index (χ3v) is 6.33. The number of amides is 1. The Bertz CT molecular complexity index is 752. The molecule has 0 aliphatic heterocycles. The molecule has 6 heteroatoms. The summed E-state index contributed by atoms with van der Waals surface area (Å²) in [5.41, 5.74) is 0.0460. The number of carbonyl (C=O) groups excluding carboxylic acids is 2. The van der Waals surface area contributed by atoms with Gasteiger partial charge in [-0.3, -0.25) is 4.79 Å². The molecular formula is C21H24N2O4. The molecule has 4 bridgehead atoms. The molecule has 0 aromatic carbocycles. The second kappa shape index (κ2) is 7.22. The van der Waals surface area contributed by atoms with Crippen LogP contribution in [-0.2, 0) is 14.3 Å². The van der Waals surface area contributed by atoms with Crippen LogP contribution in [0.3, 0.4) is 0 Å². The lowest BCUT2D eigenvalue weighted by atomic mass is 9.49. The maximum Gasteiger partial charge on any atom is 0.349 e. The van der Waals surface area contributed by atoms with E-state index in [4.69, 9.17) is 14.4 Å². The Labute approximate surface area is 158 Å². The van der Waals surface area contributed by atoms with Gasteiger partial charge in [0.15, 0.2) is 6.61 Å². The van der Waals surface area contributed by atoms with E-state index in [1.54, 1.807) is 18.2 Å². The highest BCUT2D eigenvalue weighted by atomic mass is 16.5. The molecule has 4 aliphatic carbocycles. The Hall–Kier alpha value is -2.55. The summed E-state index contributed by atoms with van der Waals surface area (Å²) in [4.78, 5) is 24.2. The van der Waals surface area contributed by atoms with Crippen LogP contribution in [0.15, 0.2) is 28.4 Å². The number of carbonyl (C=O) groups is 2. The number of esters is 1. The quantitative estimate of drug-likeness (QED) is 0.473. The van der Waals surface area contributed by atoms with Crippen LogP contribution in [0.5, 0.6) is 0 Å². The van der Waals surface area contributed by atoms with Crippen molar-refractivity contribution in [1.82, 2.24) is 5.32 Å². The Kier molecular flexibility index (Phi) is 4.77. The number of furan rings is 1. The van der Waals surface area contributed by atoms with Crippen molar-refractivity contribution >= 4 is 18.0 Å². The van der Waals surface area contributed by atoms with Crippen LogP contribution in [0.2, 0.25) is 0 Å². The maximum atomic E-state index is 12.2. The Morgan fingerprint density at radius 2 is 1.93 bits per heavy atom. The van der Waals surface area contributed by atoms with Gasteiger partial charge >= 0.3 is 5.97 Å². The Balaban J connectivity index is 1.26. The first-order valence-corrected chi connectivity index (χ1v) is 9.64. The molecule has 1 aromatic rings. The van der Waals surface area contributed by atoms with Crippen LogP contribution in [0.25, 0.3) is 6.08 Å². The van der Waals surface area contributed by atoms with Gasteiger partial charge in [-0.1, -0.05) is 0 Å². The van der Waals surface area contributed by atoms with Gasteiger partial charge in [0.25, 0.3) is 5.91 Å². The lowest BCUT2D eigenvalue weighted by Crippen LogP contribution is -2.51. The molecule has 1 aromatic heterocycles. The number of nitriles is 1. The standard InChI is InChI=1S/C21H24N2O4/c22-11-17(7-18-2-1-3-26-18)20(25)27-12-19(24)23-13-21-8-14-4-15(9-21)6-16(5-14)10-21/h1-3,7,14-16H,4-6,8-10,12-13H2,(H,23,24)/b17-7+. The van der Waals surface area contributed by atoms with Crippen LogP contribution < -0.4 is 5.32 Å². The average molecular weight is 368 g/mol. The topological polar surface area (TPSA) is 92.3 Å². The summed E-state index contributed by atoms with van der Waals surface area (Å²) in [6.45, 7) is 0.294. The minimum absolute atomic E-state index is 0.196. The van der Waals surface area contributed by atoms with Crippen LogP contribution in [0.4, 0.5) is 0 Å². The van der Waals surface area contributed by atoms with Gasteiger partial charge in [0.1, 0.15) is 17.4 Å². The average Bonchev–Trinajstić information content (AvgIpc) is 3.14. The second-order valence-corrected chi connectivity index (χ2v) is 8.46. The molecule has 5 rings (SSSR count). The largest absolute Gasteiger partial charge is 0.465 e. The summed E-state index contributed by atoms with van der Waals surface area (Å²) in [7, 11) is 0. The highest BCUT2D eigenvalue weighted by Crippen LogP contribution is 2.59. The van der Waals surface area contributed by atoms with E-state index < -0.39 is 5.97 Å². The zero-order valence-corrected chi connectivity index (χ0v) is 15.3. The third-order valence-electron chi connectivity index (χ3n) is 6.33. The van der Waals surface area contributed by atoms with Gasteiger partial charge in [0.2, 0.25) is 0 Å². The molecule has 1 N–H and O–H groups in total. The fraction of sp³-hybridized carbons (Fsp3) is 0.571. The minimum atomic E-state index is -0.821. The molecule has 0 spiro atoms. The van der Waals surface area contributed by atoms with Gasteiger partial charge in [-0.2, -0.15) is 5.26 Å². The van der Waals surface area contributed by atoms with Crippen LogP contribution in [0, 0.1) is 34.5 Å². The summed E-state index contributed by atoms with van der Waals surface area (Å²) >= 11 is 0. The maximum absolute atomic E-state index is 12.2. The summed E-state index contributed by atoms with van der Waals surface area (Å²) in [6, 6.07) is 5.06. The molecular weight excluding hydrogens is 344 g/mol. The van der Waals surface area contributed by atoms with E-state index in [2.05, 4.69) is 5.32 Å². The summed E-state index contributed by atoms with van der Waals surface area (Å²) in [5.74, 6) is 1.74. The van der Waals surface area contributed by atoms with Crippen molar-refractivity contribution in [3.8, 4) is 6.07 Å². The fourth-order valence-corrected chi connectivity index (χ4v) is 5.70. The van der Waals surface area contributed by atoms with Gasteiger partial charge < -0.3 is 14.5 Å². The van der Waals surface area contributed by atoms with Gasteiger partial charge in [0, 0.05) is 12.6 Å². The van der Waals surface area contributed by atoms with E-state index in [1.807, 2.05) is 0 Å². The number of nitrogens with zero attached hydrogens (tertiary/aromatic N) is 1. The number of hydrogen-bond acceptors (Lipinski definition) is 5. The van der Waals surface area contributed by atoms with Gasteiger partial charge in [-0.05, 0) is 73.8 Å². The van der Waals surface area contributed by atoms with Crippen LogP contribution >= 0.6 is 0 Å². The lowest BCUT2D eigenvalue weighted by molar-refractivity contribution is -0.144. The summed E-state index contributed by atoms with van der Waals surface area (Å²) in [5, 5.41) is 12.1. The van der Waals surface area contributed by atoms with E-state index in [1.165, 1.54) is 50.9 Å². The third kappa shape index (κ3) is 3.92. The van der Waals surface area contributed by atoms with Crippen molar-refractivity contribution in [2.45, 2.75) is 38.5 Å². The highest BCUT2D eigenvalue weighted by molar-refractivity contribution is 5.98. The molecule has 142 valence electrons. The van der Waals surface area contributed by atoms with Crippen molar-refractivity contribution < 1.29 is 18.7 Å². The monoisotopic (exact) mass is 368 g/mol. The smallest absolute Gasteiger partial charge is 0.349 e. The molecule has 0 radical (unpaired) electrons. The zero-order chi connectivity index (χ0) is 18.9. The lowest BCUT2D eigenvalue weighted by Gasteiger charge is -2.56. The molecule has 27 heavy (non-hydrogen) atoms. The van der Waals surface area contributed by atoms with Gasteiger partial charge in [-0.25, -0.2) is 4.79 Å². The van der Waals surface area contributed by atoms with Crippen molar-refractivity contribution in [3.05, 3.63) is 29.7 Å². The van der Waals surface area contributed by atoms with Crippen molar-refractivity contribution in [3.63, 3.8) is 0 Å². The van der Waals surface area contributed by atoms with Gasteiger partial charge in [-0.15, -0.1) is 0 Å². The number of ether oxygens (including phenoxy) is 1. The molecule has 0 atom stereocenters. The first-order chi connectivity index (χ1) is 13.0. The van der Waals surface area contributed by atoms with Crippen LogP contribution in [0.1, 0.15) is 44.3 Å². The zero-order valence-electron chi connectivity index (χ0n) is 15.3. The van der Waals surface area contributed by atoms with E-state index in [-0.39, 0.29) is 23.5 Å².